The zero-order valence-corrected chi connectivity index (χ0v) is 10.8. The predicted octanol–water partition coefficient (Wildman–Crippen LogP) is 1.31. The lowest BCUT2D eigenvalue weighted by Crippen LogP contribution is -2.35. The van der Waals surface area contributed by atoms with Crippen molar-refractivity contribution in [3.8, 4) is 0 Å². The number of H-pyrrole nitrogens is 2. The highest BCUT2D eigenvalue weighted by molar-refractivity contribution is 5.96. The van der Waals surface area contributed by atoms with E-state index in [1.165, 1.54) is 0 Å². The predicted molar refractivity (Wildman–Crippen MR) is 75.0 cm³/mol. The van der Waals surface area contributed by atoms with Crippen molar-refractivity contribution in [1.29, 1.82) is 0 Å². The van der Waals surface area contributed by atoms with Crippen molar-refractivity contribution in [2.45, 2.75) is 32.2 Å². The Morgan fingerprint density at radius 2 is 2.11 bits per heavy atom. The molecule has 1 amide bonds. The number of rotatable bonds is 5. The van der Waals surface area contributed by atoms with E-state index in [-0.39, 0.29) is 11.6 Å². The monoisotopic (exact) mass is 262 g/mol. The van der Waals surface area contributed by atoms with Crippen LogP contribution < -0.4 is 16.7 Å². The molecule has 6 heteroatoms. The minimum absolute atomic E-state index is 0.203. The molecule has 5 N–H and O–H groups in total. The van der Waals surface area contributed by atoms with E-state index in [0.29, 0.717) is 23.1 Å². The maximum Gasteiger partial charge on any atom is 0.323 e. The number of carbonyl (C=O) groups excluding carboxylic acids is 1. The first-order valence-corrected chi connectivity index (χ1v) is 6.38. The van der Waals surface area contributed by atoms with Crippen molar-refractivity contribution < 1.29 is 4.79 Å². The summed E-state index contributed by atoms with van der Waals surface area (Å²) in [6, 6.07) is 4.68. The lowest BCUT2D eigenvalue weighted by atomic mass is 10.1. The summed E-state index contributed by atoms with van der Waals surface area (Å²) in [5, 5.41) is 2.75. The van der Waals surface area contributed by atoms with Crippen LogP contribution in [0.5, 0.6) is 0 Å². The van der Waals surface area contributed by atoms with E-state index in [9.17, 15) is 9.59 Å². The second kappa shape index (κ2) is 5.71. The topological polar surface area (TPSA) is 104 Å². The molecule has 19 heavy (non-hydrogen) atoms. The highest BCUT2D eigenvalue weighted by atomic mass is 16.2. The number of imidazole rings is 1. The van der Waals surface area contributed by atoms with Crippen molar-refractivity contribution in [1.82, 2.24) is 9.97 Å². The van der Waals surface area contributed by atoms with Crippen LogP contribution in [0.4, 0.5) is 5.69 Å². The molecule has 1 aromatic heterocycles. The Morgan fingerprint density at radius 3 is 2.84 bits per heavy atom. The van der Waals surface area contributed by atoms with Crippen LogP contribution in [0.1, 0.15) is 26.2 Å². The first-order valence-electron chi connectivity index (χ1n) is 6.38. The third kappa shape index (κ3) is 3.23. The lowest BCUT2D eigenvalue weighted by Gasteiger charge is -2.11. The summed E-state index contributed by atoms with van der Waals surface area (Å²) < 4.78 is 0. The number of hydrogen-bond donors (Lipinski definition) is 4. The van der Waals surface area contributed by atoms with Gasteiger partial charge in [-0.2, -0.15) is 0 Å². The second-order valence-electron chi connectivity index (χ2n) is 4.58. The second-order valence-corrected chi connectivity index (χ2v) is 4.58. The van der Waals surface area contributed by atoms with Crippen LogP contribution in [0.2, 0.25) is 0 Å². The molecular formula is C13H18N4O2. The van der Waals surface area contributed by atoms with Gasteiger partial charge in [-0.25, -0.2) is 4.79 Å². The van der Waals surface area contributed by atoms with Gasteiger partial charge >= 0.3 is 5.69 Å². The van der Waals surface area contributed by atoms with Gasteiger partial charge in [0.25, 0.3) is 0 Å². The third-order valence-corrected chi connectivity index (χ3v) is 2.99. The molecule has 1 heterocycles. The average Bonchev–Trinajstić information content (AvgIpc) is 2.75. The molecule has 102 valence electrons. The molecule has 6 nitrogen and oxygen atoms in total. The molecule has 1 atom stereocenters. The quantitative estimate of drug-likeness (QED) is 0.653. The average molecular weight is 262 g/mol. The lowest BCUT2D eigenvalue weighted by molar-refractivity contribution is -0.117. The molecule has 0 saturated carbocycles. The summed E-state index contributed by atoms with van der Waals surface area (Å²) in [4.78, 5) is 28.3. The van der Waals surface area contributed by atoms with E-state index in [0.717, 1.165) is 12.8 Å². The number of anilines is 1. The van der Waals surface area contributed by atoms with E-state index in [4.69, 9.17) is 5.73 Å². The van der Waals surface area contributed by atoms with Gasteiger partial charge in [-0.1, -0.05) is 19.8 Å². The Labute approximate surface area is 110 Å². The van der Waals surface area contributed by atoms with E-state index >= 15 is 0 Å². The first-order chi connectivity index (χ1) is 9.10. The molecule has 2 rings (SSSR count). The van der Waals surface area contributed by atoms with Gasteiger partial charge in [0.05, 0.1) is 17.1 Å². The summed E-state index contributed by atoms with van der Waals surface area (Å²) in [5.74, 6) is -0.203. The molecule has 1 aromatic carbocycles. The van der Waals surface area contributed by atoms with Crippen molar-refractivity contribution in [3.63, 3.8) is 0 Å². The van der Waals surface area contributed by atoms with Gasteiger partial charge < -0.3 is 21.0 Å². The van der Waals surface area contributed by atoms with Crippen LogP contribution in [-0.4, -0.2) is 21.9 Å². The van der Waals surface area contributed by atoms with Crippen LogP contribution in [0.25, 0.3) is 11.0 Å². The number of nitrogens with one attached hydrogen (secondary N) is 3. The Hall–Kier alpha value is -2.08. The largest absolute Gasteiger partial charge is 0.325 e. The maximum atomic E-state index is 11.8. The minimum atomic E-state index is -0.499. The van der Waals surface area contributed by atoms with Gasteiger partial charge in [0.2, 0.25) is 5.91 Å². The summed E-state index contributed by atoms with van der Waals surface area (Å²) in [5.41, 5.74) is 7.52. The summed E-state index contributed by atoms with van der Waals surface area (Å²) in [7, 11) is 0. The molecule has 0 radical (unpaired) electrons. The number of nitrogens with two attached hydrogens (primary N) is 1. The van der Waals surface area contributed by atoms with Crippen LogP contribution in [0, 0.1) is 0 Å². The fourth-order valence-electron chi connectivity index (χ4n) is 1.90. The van der Waals surface area contributed by atoms with Gasteiger partial charge in [-0.05, 0) is 24.6 Å². The van der Waals surface area contributed by atoms with Crippen LogP contribution in [0.3, 0.4) is 0 Å². The molecule has 2 aromatic rings. The minimum Gasteiger partial charge on any atom is -0.325 e. The molecule has 1 unspecified atom stereocenters. The Kier molecular flexibility index (Phi) is 4.01. The molecule has 0 aliphatic carbocycles. The van der Waals surface area contributed by atoms with Crippen molar-refractivity contribution in [2.24, 2.45) is 5.73 Å². The normalized spacial score (nSPS) is 12.5. The number of carbonyl (C=O) groups is 1. The number of benzene rings is 1. The zero-order chi connectivity index (χ0) is 13.8. The van der Waals surface area contributed by atoms with Crippen LogP contribution >= 0.6 is 0 Å². The summed E-state index contributed by atoms with van der Waals surface area (Å²) in [6.45, 7) is 2.06. The molecule has 0 saturated heterocycles. The number of hydrogen-bond acceptors (Lipinski definition) is 3. The molecule has 0 aliphatic heterocycles. The number of amides is 1. The van der Waals surface area contributed by atoms with Crippen molar-refractivity contribution >= 4 is 22.6 Å². The summed E-state index contributed by atoms with van der Waals surface area (Å²) >= 11 is 0. The van der Waals surface area contributed by atoms with Crippen molar-refractivity contribution in [2.75, 3.05) is 5.32 Å². The van der Waals surface area contributed by atoms with Gasteiger partial charge in [0, 0.05) is 5.69 Å². The SMILES string of the molecule is CCCCC(N)C(=O)Nc1ccc2[nH]c(=O)[nH]c2c1. The van der Waals surface area contributed by atoms with Crippen molar-refractivity contribution in [3.05, 3.63) is 28.7 Å². The highest BCUT2D eigenvalue weighted by Gasteiger charge is 2.13. The Balaban J connectivity index is 2.08. The van der Waals surface area contributed by atoms with E-state index < -0.39 is 6.04 Å². The number of aromatic amines is 2. The number of unbranched alkanes of at least 4 members (excludes halogenated alkanes) is 1. The number of fused-ring (bicyclic) bond motifs is 1. The first kappa shape index (κ1) is 13.4. The highest BCUT2D eigenvalue weighted by Crippen LogP contribution is 2.15. The van der Waals surface area contributed by atoms with Gasteiger partial charge in [0.15, 0.2) is 0 Å². The fraction of sp³-hybridized carbons (Fsp3) is 0.385. The Morgan fingerprint density at radius 1 is 1.37 bits per heavy atom. The fourth-order valence-corrected chi connectivity index (χ4v) is 1.90. The smallest absolute Gasteiger partial charge is 0.323 e. The molecular weight excluding hydrogens is 244 g/mol. The van der Waals surface area contributed by atoms with E-state index in [1.807, 2.05) is 0 Å². The van der Waals surface area contributed by atoms with Crippen LogP contribution in [-0.2, 0) is 4.79 Å². The zero-order valence-electron chi connectivity index (χ0n) is 10.8. The van der Waals surface area contributed by atoms with Gasteiger partial charge in [-0.15, -0.1) is 0 Å². The number of aromatic nitrogens is 2. The maximum absolute atomic E-state index is 11.8. The van der Waals surface area contributed by atoms with Gasteiger partial charge in [-0.3, -0.25) is 4.79 Å². The Bertz CT molecular complexity index is 629. The van der Waals surface area contributed by atoms with Crippen LogP contribution in [0.15, 0.2) is 23.0 Å². The molecule has 0 fully saturated rings. The summed E-state index contributed by atoms with van der Waals surface area (Å²) in [6.07, 6.45) is 2.61. The molecule has 0 aliphatic rings. The standard InChI is InChI=1S/C13H18N4O2/c1-2-3-4-9(14)12(18)15-8-5-6-10-11(7-8)17-13(19)16-10/h5-7,9H,2-4,14H2,1H3,(H,15,18)(H2,16,17,19). The van der Waals surface area contributed by atoms with E-state index in [1.54, 1.807) is 18.2 Å². The third-order valence-electron chi connectivity index (χ3n) is 2.99. The molecule has 0 spiro atoms. The van der Waals surface area contributed by atoms with E-state index in [2.05, 4.69) is 22.2 Å². The molecule has 0 bridgehead atoms. The van der Waals surface area contributed by atoms with Gasteiger partial charge in [0.1, 0.15) is 0 Å².